The standard InChI is InChI=1S/C18H28N4O2.HI/c1-2-20-18(21-9-7-15-5-3-8-19-13-15)22-10-12-24-17(14-22)16-6-4-11-23-16;/h3,5,8,13,16-17H,2,4,6-7,9-12,14H2,1H3,(H,20,21);1H. The van der Waals surface area contributed by atoms with Gasteiger partial charge in [0, 0.05) is 45.2 Å². The van der Waals surface area contributed by atoms with Crippen molar-refractivity contribution >= 4 is 29.9 Å². The summed E-state index contributed by atoms with van der Waals surface area (Å²) in [6.45, 7) is 7.06. The Bertz CT molecular complexity index is 523. The minimum Gasteiger partial charge on any atom is -0.375 e. The molecule has 1 aromatic heterocycles. The summed E-state index contributed by atoms with van der Waals surface area (Å²) in [5, 5.41) is 3.41. The first-order valence-electron chi connectivity index (χ1n) is 9.02. The third-order valence-electron chi connectivity index (χ3n) is 4.49. The molecule has 7 heteroatoms. The lowest BCUT2D eigenvalue weighted by molar-refractivity contribution is -0.0817. The van der Waals surface area contributed by atoms with Gasteiger partial charge in [-0.2, -0.15) is 0 Å². The molecule has 1 N–H and O–H groups in total. The Morgan fingerprint density at radius 1 is 1.36 bits per heavy atom. The highest BCUT2D eigenvalue weighted by atomic mass is 127. The maximum atomic E-state index is 5.94. The molecule has 0 spiro atoms. The van der Waals surface area contributed by atoms with Gasteiger partial charge < -0.3 is 19.7 Å². The normalized spacial score (nSPS) is 24.0. The zero-order chi connectivity index (χ0) is 16.6. The summed E-state index contributed by atoms with van der Waals surface area (Å²) in [4.78, 5) is 11.3. The van der Waals surface area contributed by atoms with Crippen molar-refractivity contribution in [3.8, 4) is 0 Å². The van der Waals surface area contributed by atoms with Crippen LogP contribution >= 0.6 is 24.0 Å². The number of aliphatic imine (C=N–C) groups is 1. The van der Waals surface area contributed by atoms with Crippen molar-refractivity contribution in [2.45, 2.75) is 38.4 Å². The van der Waals surface area contributed by atoms with Crippen molar-refractivity contribution in [3.63, 3.8) is 0 Å². The summed E-state index contributed by atoms with van der Waals surface area (Å²) in [7, 11) is 0. The number of nitrogens with zero attached hydrogens (tertiary/aromatic N) is 3. The maximum absolute atomic E-state index is 5.94. The van der Waals surface area contributed by atoms with Crippen LogP contribution < -0.4 is 5.32 Å². The summed E-state index contributed by atoms with van der Waals surface area (Å²) >= 11 is 0. The van der Waals surface area contributed by atoms with Gasteiger partial charge in [0.15, 0.2) is 5.96 Å². The molecule has 6 nitrogen and oxygen atoms in total. The first-order valence-corrected chi connectivity index (χ1v) is 9.02. The molecule has 0 amide bonds. The van der Waals surface area contributed by atoms with E-state index in [0.717, 1.165) is 64.6 Å². The number of halogens is 1. The van der Waals surface area contributed by atoms with Gasteiger partial charge >= 0.3 is 0 Å². The SMILES string of the molecule is CCNC(=NCCc1cccnc1)N1CCOC(C2CCCO2)C1.I. The van der Waals surface area contributed by atoms with Crippen LogP contribution in [0.3, 0.4) is 0 Å². The quantitative estimate of drug-likeness (QED) is 0.415. The molecule has 140 valence electrons. The monoisotopic (exact) mass is 460 g/mol. The number of guanidine groups is 1. The van der Waals surface area contributed by atoms with Gasteiger partial charge in [-0.05, 0) is 37.8 Å². The lowest BCUT2D eigenvalue weighted by Crippen LogP contribution is -2.53. The second-order valence-electron chi connectivity index (χ2n) is 6.25. The van der Waals surface area contributed by atoms with E-state index in [1.165, 1.54) is 5.56 Å². The fraction of sp³-hybridized carbons (Fsp3) is 0.667. The fourth-order valence-corrected chi connectivity index (χ4v) is 3.25. The molecule has 0 saturated carbocycles. The van der Waals surface area contributed by atoms with E-state index in [0.29, 0.717) is 0 Å². The molecule has 0 bridgehead atoms. The van der Waals surface area contributed by atoms with E-state index >= 15 is 0 Å². The van der Waals surface area contributed by atoms with E-state index in [4.69, 9.17) is 14.5 Å². The number of hydrogen-bond donors (Lipinski definition) is 1. The summed E-state index contributed by atoms with van der Waals surface area (Å²) < 4.78 is 11.7. The molecule has 2 fully saturated rings. The van der Waals surface area contributed by atoms with Crippen molar-refractivity contribution in [2.24, 2.45) is 4.99 Å². The smallest absolute Gasteiger partial charge is 0.194 e. The predicted molar refractivity (Wildman–Crippen MR) is 110 cm³/mol. The van der Waals surface area contributed by atoms with E-state index in [1.54, 1.807) is 6.20 Å². The molecule has 0 aromatic carbocycles. The first kappa shape index (κ1) is 20.4. The molecule has 2 aliphatic rings. The van der Waals surface area contributed by atoms with Crippen LogP contribution in [-0.4, -0.2) is 67.4 Å². The number of hydrogen-bond acceptors (Lipinski definition) is 4. The second-order valence-corrected chi connectivity index (χ2v) is 6.25. The average Bonchev–Trinajstić information content (AvgIpc) is 3.17. The summed E-state index contributed by atoms with van der Waals surface area (Å²) in [5.74, 6) is 0.979. The zero-order valence-corrected chi connectivity index (χ0v) is 17.2. The zero-order valence-electron chi connectivity index (χ0n) is 14.9. The Morgan fingerprint density at radius 3 is 2.96 bits per heavy atom. The number of ether oxygens (including phenoxy) is 2. The van der Waals surface area contributed by atoms with E-state index in [-0.39, 0.29) is 36.2 Å². The summed E-state index contributed by atoms with van der Waals surface area (Å²) in [6, 6.07) is 4.07. The van der Waals surface area contributed by atoms with Crippen LogP contribution in [0.2, 0.25) is 0 Å². The molecule has 3 rings (SSSR count). The topological polar surface area (TPSA) is 59.0 Å². The molecule has 3 heterocycles. The highest BCUT2D eigenvalue weighted by Crippen LogP contribution is 2.21. The molecule has 0 radical (unpaired) electrons. The molecule has 2 unspecified atom stereocenters. The van der Waals surface area contributed by atoms with E-state index in [2.05, 4.69) is 28.2 Å². The van der Waals surface area contributed by atoms with Gasteiger partial charge in [-0.25, -0.2) is 0 Å². The Kier molecular flexibility index (Phi) is 8.91. The van der Waals surface area contributed by atoms with Crippen LogP contribution in [0.25, 0.3) is 0 Å². The van der Waals surface area contributed by atoms with Crippen molar-refractivity contribution in [2.75, 3.05) is 39.4 Å². The van der Waals surface area contributed by atoms with Crippen LogP contribution in [0.4, 0.5) is 0 Å². The van der Waals surface area contributed by atoms with Gasteiger partial charge in [-0.3, -0.25) is 9.98 Å². The molecule has 0 aliphatic carbocycles. The molecular formula is C18H29IN4O2. The second kappa shape index (κ2) is 10.9. The predicted octanol–water partition coefficient (Wildman–Crippen LogP) is 2.09. The van der Waals surface area contributed by atoms with Crippen molar-refractivity contribution in [3.05, 3.63) is 30.1 Å². The van der Waals surface area contributed by atoms with Gasteiger partial charge in [0.1, 0.15) is 6.10 Å². The number of nitrogens with one attached hydrogen (secondary N) is 1. The molecular weight excluding hydrogens is 431 g/mol. The Hall–Kier alpha value is -0.930. The van der Waals surface area contributed by atoms with Gasteiger partial charge in [0.2, 0.25) is 0 Å². The maximum Gasteiger partial charge on any atom is 0.194 e. The van der Waals surface area contributed by atoms with E-state index in [9.17, 15) is 0 Å². The number of morpholine rings is 1. The third kappa shape index (κ3) is 6.07. The number of aromatic nitrogens is 1. The van der Waals surface area contributed by atoms with Crippen LogP contribution in [0.1, 0.15) is 25.3 Å². The number of pyridine rings is 1. The van der Waals surface area contributed by atoms with E-state index in [1.807, 2.05) is 12.3 Å². The molecule has 1 aromatic rings. The van der Waals surface area contributed by atoms with Crippen LogP contribution in [0.5, 0.6) is 0 Å². The Balaban J connectivity index is 0.00000225. The van der Waals surface area contributed by atoms with Gasteiger partial charge in [0.25, 0.3) is 0 Å². The van der Waals surface area contributed by atoms with Crippen molar-refractivity contribution in [1.82, 2.24) is 15.2 Å². The lowest BCUT2D eigenvalue weighted by atomic mass is 10.1. The van der Waals surface area contributed by atoms with Gasteiger partial charge in [-0.15, -0.1) is 24.0 Å². The van der Waals surface area contributed by atoms with Gasteiger partial charge in [0.05, 0.1) is 12.7 Å². The van der Waals surface area contributed by atoms with Crippen molar-refractivity contribution in [1.29, 1.82) is 0 Å². The Labute approximate surface area is 167 Å². The third-order valence-corrected chi connectivity index (χ3v) is 4.49. The summed E-state index contributed by atoms with van der Waals surface area (Å²) in [6.07, 6.45) is 7.26. The molecule has 2 atom stereocenters. The Morgan fingerprint density at radius 2 is 2.24 bits per heavy atom. The first-order chi connectivity index (χ1) is 11.9. The average molecular weight is 460 g/mol. The highest BCUT2D eigenvalue weighted by Gasteiger charge is 2.32. The van der Waals surface area contributed by atoms with Crippen molar-refractivity contribution < 1.29 is 9.47 Å². The van der Waals surface area contributed by atoms with Crippen LogP contribution in [0, 0.1) is 0 Å². The molecule has 2 saturated heterocycles. The largest absolute Gasteiger partial charge is 0.375 e. The molecule has 2 aliphatic heterocycles. The highest BCUT2D eigenvalue weighted by molar-refractivity contribution is 14.0. The van der Waals surface area contributed by atoms with Gasteiger partial charge in [-0.1, -0.05) is 6.07 Å². The van der Waals surface area contributed by atoms with E-state index < -0.39 is 0 Å². The minimum atomic E-state index is 0. The minimum absolute atomic E-state index is 0. The number of rotatable bonds is 5. The van der Waals surface area contributed by atoms with Crippen LogP contribution in [0.15, 0.2) is 29.5 Å². The fourth-order valence-electron chi connectivity index (χ4n) is 3.25. The summed E-state index contributed by atoms with van der Waals surface area (Å²) in [5.41, 5.74) is 1.22. The lowest BCUT2D eigenvalue weighted by Gasteiger charge is -2.37. The molecule has 25 heavy (non-hydrogen) atoms. The van der Waals surface area contributed by atoms with Crippen LogP contribution in [-0.2, 0) is 15.9 Å².